The summed E-state index contributed by atoms with van der Waals surface area (Å²) in [5, 5.41) is 3.10. The highest BCUT2D eigenvalue weighted by Crippen LogP contribution is 2.22. The van der Waals surface area contributed by atoms with Crippen LogP contribution in [0.2, 0.25) is 0 Å². The summed E-state index contributed by atoms with van der Waals surface area (Å²) < 4.78 is 5.26. The summed E-state index contributed by atoms with van der Waals surface area (Å²) in [5.41, 5.74) is 7.37. The first-order valence-electron chi connectivity index (χ1n) is 12.4. The molecule has 9 nitrogen and oxygen atoms in total. The Bertz CT molecular complexity index is 1150. The van der Waals surface area contributed by atoms with Gasteiger partial charge in [0.05, 0.1) is 12.2 Å². The van der Waals surface area contributed by atoms with Gasteiger partial charge in [0, 0.05) is 50.0 Å². The van der Waals surface area contributed by atoms with Crippen LogP contribution in [0.1, 0.15) is 51.3 Å². The zero-order chi connectivity index (χ0) is 25.7. The number of nitrogens with zero attached hydrogens (tertiary/aromatic N) is 3. The molecule has 0 saturated carbocycles. The smallest absolute Gasteiger partial charge is 0.339 e. The number of Topliss-reactive ketones (excluding diaryl/α,β-unsaturated/α-hetero) is 2. The van der Waals surface area contributed by atoms with E-state index in [-0.39, 0.29) is 28.9 Å². The van der Waals surface area contributed by atoms with Crippen molar-refractivity contribution in [3.8, 4) is 0 Å². The molecule has 0 radical (unpaired) electrons. The van der Waals surface area contributed by atoms with E-state index >= 15 is 0 Å². The number of aromatic nitrogens is 1. The second kappa shape index (κ2) is 11.3. The number of anilines is 1. The van der Waals surface area contributed by atoms with Crippen LogP contribution in [0, 0.1) is 5.92 Å². The number of piperazine rings is 1. The molecule has 0 amide bonds. The number of carbonyl (C=O) groups is 3. The fraction of sp³-hybridized carbons (Fsp3) is 0.407. The standard InChI is InChI=1S/C27H33N5O4/c1-18(2)17-36-27(35)19-8-9-22(30-16-19)32-14-12-31(13-15-32)11-5-10-29-24-23(28)25(33)20-6-3-4-7-21(20)26(24)34/h3-4,6-9,16,18,29H,5,10-15,17,28H2,1-2H3. The largest absolute Gasteiger partial charge is 0.462 e. The average Bonchev–Trinajstić information content (AvgIpc) is 2.90. The number of nitrogens with two attached hydrogens (primary N) is 1. The lowest BCUT2D eigenvalue weighted by atomic mass is 9.90. The molecule has 1 aromatic heterocycles. The molecule has 1 aliphatic carbocycles. The second-order valence-corrected chi connectivity index (χ2v) is 9.50. The van der Waals surface area contributed by atoms with E-state index in [0.717, 1.165) is 45.0 Å². The molecule has 0 bridgehead atoms. The van der Waals surface area contributed by atoms with E-state index in [4.69, 9.17) is 10.5 Å². The lowest BCUT2D eigenvalue weighted by Gasteiger charge is -2.35. The Morgan fingerprint density at radius 2 is 1.75 bits per heavy atom. The maximum absolute atomic E-state index is 12.8. The Balaban J connectivity index is 1.21. The third-order valence-electron chi connectivity index (χ3n) is 6.34. The van der Waals surface area contributed by atoms with Crippen LogP contribution >= 0.6 is 0 Å². The molecule has 0 atom stereocenters. The molecule has 2 aromatic rings. The van der Waals surface area contributed by atoms with Crippen molar-refractivity contribution >= 4 is 23.4 Å². The van der Waals surface area contributed by atoms with Crippen LogP contribution in [0.15, 0.2) is 54.0 Å². The highest BCUT2D eigenvalue weighted by atomic mass is 16.5. The highest BCUT2D eigenvalue weighted by molar-refractivity contribution is 6.26. The monoisotopic (exact) mass is 491 g/mol. The van der Waals surface area contributed by atoms with E-state index in [0.29, 0.717) is 35.8 Å². The van der Waals surface area contributed by atoms with Crippen molar-refractivity contribution in [2.45, 2.75) is 20.3 Å². The molecule has 4 rings (SSSR count). The van der Waals surface area contributed by atoms with Crippen molar-refractivity contribution < 1.29 is 19.1 Å². The number of pyridine rings is 1. The van der Waals surface area contributed by atoms with E-state index in [1.807, 2.05) is 19.9 Å². The first kappa shape index (κ1) is 25.4. The predicted molar refractivity (Wildman–Crippen MR) is 137 cm³/mol. The molecule has 2 aliphatic rings. The van der Waals surface area contributed by atoms with Crippen molar-refractivity contribution in [2.24, 2.45) is 11.7 Å². The number of nitrogens with one attached hydrogen (secondary N) is 1. The van der Waals surface area contributed by atoms with Gasteiger partial charge in [-0.05, 0) is 31.0 Å². The number of hydrogen-bond donors (Lipinski definition) is 2. The van der Waals surface area contributed by atoms with Crippen LogP contribution < -0.4 is 16.0 Å². The lowest BCUT2D eigenvalue weighted by molar-refractivity contribution is 0.0458. The number of allylic oxidation sites excluding steroid dienone is 2. The maximum Gasteiger partial charge on any atom is 0.339 e. The van der Waals surface area contributed by atoms with E-state index in [2.05, 4.69) is 20.1 Å². The topological polar surface area (TPSA) is 118 Å². The zero-order valence-electron chi connectivity index (χ0n) is 20.8. The summed E-state index contributed by atoms with van der Waals surface area (Å²) in [7, 11) is 0. The second-order valence-electron chi connectivity index (χ2n) is 9.50. The van der Waals surface area contributed by atoms with Crippen LogP contribution in [0.4, 0.5) is 5.82 Å². The van der Waals surface area contributed by atoms with Gasteiger partial charge in [-0.25, -0.2) is 9.78 Å². The molecular weight excluding hydrogens is 458 g/mol. The average molecular weight is 492 g/mol. The molecule has 1 saturated heterocycles. The third-order valence-corrected chi connectivity index (χ3v) is 6.34. The van der Waals surface area contributed by atoms with Crippen molar-refractivity contribution in [1.82, 2.24) is 15.2 Å². The zero-order valence-corrected chi connectivity index (χ0v) is 20.8. The van der Waals surface area contributed by atoms with E-state index < -0.39 is 0 Å². The molecule has 2 heterocycles. The van der Waals surface area contributed by atoms with Gasteiger partial charge in [-0.3, -0.25) is 14.5 Å². The quantitative estimate of drug-likeness (QED) is 0.402. The van der Waals surface area contributed by atoms with Crippen LogP contribution in [-0.2, 0) is 4.74 Å². The van der Waals surface area contributed by atoms with Gasteiger partial charge < -0.3 is 20.7 Å². The minimum Gasteiger partial charge on any atom is -0.462 e. The van der Waals surface area contributed by atoms with Gasteiger partial charge >= 0.3 is 5.97 Å². The SMILES string of the molecule is CC(C)COC(=O)c1ccc(N2CCN(CCCNC3=C(N)C(=O)c4ccccc4C3=O)CC2)nc1. The Morgan fingerprint density at radius 1 is 1.06 bits per heavy atom. The number of hydrogen-bond acceptors (Lipinski definition) is 9. The minimum absolute atomic E-state index is 0.0148. The fourth-order valence-electron chi connectivity index (χ4n) is 4.31. The first-order valence-corrected chi connectivity index (χ1v) is 12.4. The Morgan fingerprint density at radius 3 is 2.39 bits per heavy atom. The fourth-order valence-corrected chi connectivity index (χ4v) is 4.31. The van der Waals surface area contributed by atoms with Crippen LogP contribution in [0.3, 0.4) is 0 Å². The van der Waals surface area contributed by atoms with Crippen LogP contribution in [-0.4, -0.2) is 73.3 Å². The van der Waals surface area contributed by atoms with E-state index in [1.54, 1.807) is 36.5 Å². The Hall–Kier alpha value is -3.72. The molecule has 1 fully saturated rings. The van der Waals surface area contributed by atoms with E-state index in [1.165, 1.54) is 0 Å². The summed E-state index contributed by atoms with van der Waals surface area (Å²) in [6, 6.07) is 10.4. The number of benzene rings is 1. The summed E-state index contributed by atoms with van der Waals surface area (Å²) in [6.45, 7) is 9.23. The van der Waals surface area contributed by atoms with Gasteiger partial charge in [0.15, 0.2) is 0 Å². The van der Waals surface area contributed by atoms with Gasteiger partial charge in [0.1, 0.15) is 17.2 Å². The number of carbonyl (C=O) groups excluding carboxylic acids is 3. The van der Waals surface area contributed by atoms with Crippen molar-refractivity contribution in [1.29, 1.82) is 0 Å². The summed E-state index contributed by atoms with van der Waals surface area (Å²) in [5.74, 6) is 0.253. The number of ketones is 2. The van der Waals surface area contributed by atoms with Gasteiger partial charge in [-0.15, -0.1) is 0 Å². The number of fused-ring (bicyclic) bond motifs is 1. The molecule has 9 heteroatoms. The maximum atomic E-state index is 12.8. The van der Waals surface area contributed by atoms with Crippen LogP contribution in [0.25, 0.3) is 0 Å². The Labute approximate surface area is 211 Å². The third kappa shape index (κ3) is 5.73. The van der Waals surface area contributed by atoms with Gasteiger partial charge in [0.25, 0.3) is 0 Å². The summed E-state index contributed by atoms with van der Waals surface area (Å²) in [4.78, 5) is 46.3. The molecule has 0 spiro atoms. The van der Waals surface area contributed by atoms with Crippen LogP contribution in [0.5, 0.6) is 0 Å². The number of rotatable bonds is 9. The first-order chi connectivity index (χ1) is 17.3. The highest BCUT2D eigenvalue weighted by Gasteiger charge is 2.30. The molecular formula is C27H33N5O4. The molecule has 190 valence electrons. The predicted octanol–water partition coefficient (Wildman–Crippen LogP) is 2.25. The summed E-state index contributed by atoms with van der Waals surface area (Å²) in [6.07, 6.45) is 2.39. The van der Waals surface area contributed by atoms with Crippen molar-refractivity contribution in [2.75, 3.05) is 50.8 Å². The molecule has 0 unspecified atom stereocenters. The Kier molecular flexibility index (Phi) is 8.00. The van der Waals surface area contributed by atoms with E-state index in [9.17, 15) is 14.4 Å². The molecule has 1 aromatic carbocycles. The molecule has 36 heavy (non-hydrogen) atoms. The van der Waals surface area contributed by atoms with Gasteiger partial charge in [-0.1, -0.05) is 38.1 Å². The van der Waals surface area contributed by atoms with Gasteiger partial charge in [-0.2, -0.15) is 0 Å². The normalized spacial score (nSPS) is 16.4. The number of ether oxygens (including phenoxy) is 1. The molecule has 3 N–H and O–H groups in total. The van der Waals surface area contributed by atoms with Crippen molar-refractivity contribution in [3.05, 3.63) is 70.7 Å². The summed E-state index contributed by atoms with van der Waals surface area (Å²) >= 11 is 0. The molecule has 1 aliphatic heterocycles. The number of esters is 1. The van der Waals surface area contributed by atoms with Gasteiger partial charge in [0.2, 0.25) is 11.6 Å². The minimum atomic E-state index is -0.345. The van der Waals surface area contributed by atoms with Crippen molar-refractivity contribution in [3.63, 3.8) is 0 Å². The lowest BCUT2D eigenvalue weighted by Crippen LogP contribution is -2.47.